The number of carbonyl (C=O) groups is 2. The molecule has 13 heteroatoms. The number of hydrogen-bond acceptors (Lipinski definition) is 4. The summed E-state index contributed by atoms with van der Waals surface area (Å²) in [7, 11) is 0. The van der Waals surface area contributed by atoms with E-state index in [1.807, 2.05) is 13.0 Å². The summed E-state index contributed by atoms with van der Waals surface area (Å²) in [6.45, 7) is 4.10. The Morgan fingerprint density at radius 3 is 1.94 bits per heavy atom. The van der Waals surface area contributed by atoms with Crippen LogP contribution in [0.1, 0.15) is 63.6 Å². The van der Waals surface area contributed by atoms with Gasteiger partial charge in [-0.15, -0.1) is 0 Å². The zero-order valence-corrected chi connectivity index (χ0v) is 28.5. The molecule has 4 aromatic rings. The van der Waals surface area contributed by atoms with E-state index in [2.05, 4.69) is 35.8 Å². The van der Waals surface area contributed by atoms with Crippen molar-refractivity contribution in [2.45, 2.75) is 56.8 Å². The Hall–Kier alpha value is -3.63. The summed E-state index contributed by atoms with van der Waals surface area (Å²) in [5.74, 6) is -2.45. The Labute approximate surface area is 294 Å². The van der Waals surface area contributed by atoms with Crippen molar-refractivity contribution < 1.29 is 33.0 Å². The van der Waals surface area contributed by atoms with Gasteiger partial charge in [0.15, 0.2) is 0 Å². The van der Waals surface area contributed by atoms with Crippen LogP contribution in [0, 0.1) is 13.8 Å². The van der Waals surface area contributed by atoms with Gasteiger partial charge in [0, 0.05) is 22.5 Å². The standard InChI is InChI=1S/C18H17Cl2NO2.C17H12Cl2F3NO2/c1-9-3-4-11(10(2)7-9)13-8-15(18(22)23)21-17-12(13)5-6-14(19)16(17)20;18-9-3-1-8(2-4-9)10-6-15(16(24)25)23-14-7-12(17(20,21)22)13(19)5-11(10)14/h3-7,13,15,21H,8H2,1-2H3,(H,22,23);1-5,7,10,15,23H,6H2,(H,24,25). The minimum Gasteiger partial charge on any atom is -0.480 e. The zero-order chi connectivity index (χ0) is 35.1. The number of anilines is 2. The molecule has 252 valence electrons. The van der Waals surface area contributed by atoms with Gasteiger partial charge >= 0.3 is 18.1 Å². The molecular formula is C35H29Cl4F3N2O4. The molecular weight excluding hydrogens is 711 g/mol. The van der Waals surface area contributed by atoms with Crippen molar-refractivity contribution in [1.29, 1.82) is 0 Å². The number of fused-ring (bicyclic) bond motifs is 2. The van der Waals surface area contributed by atoms with Gasteiger partial charge < -0.3 is 20.8 Å². The highest BCUT2D eigenvalue weighted by Crippen LogP contribution is 2.46. The van der Waals surface area contributed by atoms with Crippen LogP contribution in [-0.2, 0) is 15.8 Å². The quantitative estimate of drug-likeness (QED) is 0.166. The first-order valence-corrected chi connectivity index (χ1v) is 16.3. The van der Waals surface area contributed by atoms with Crippen LogP contribution in [0.2, 0.25) is 20.1 Å². The fourth-order valence-electron chi connectivity index (χ4n) is 6.27. The molecule has 6 nitrogen and oxygen atoms in total. The van der Waals surface area contributed by atoms with Crippen molar-refractivity contribution in [3.05, 3.63) is 126 Å². The van der Waals surface area contributed by atoms with Crippen LogP contribution >= 0.6 is 46.4 Å². The summed E-state index contributed by atoms with van der Waals surface area (Å²) in [5, 5.41) is 25.4. The second kappa shape index (κ2) is 14.1. The van der Waals surface area contributed by atoms with Crippen LogP contribution in [0.4, 0.5) is 24.5 Å². The van der Waals surface area contributed by atoms with Crippen molar-refractivity contribution in [2.24, 2.45) is 0 Å². The van der Waals surface area contributed by atoms with Crippen molar-refractivity contribution in [3.63, 3.8) is 0 Å². The van der Waals surface area contributed by atoms with E-state index in [4.69, 9.17) is 46.4 Å². The Bertz CT molecular complexity index is 1890. The largest absolute Gasteiger partial charge is 0.480 e. The van der Waals surface area contributed by atoms with Crippen LogP contribution in [0.25, 0.3) is 0 Å². The van der Waals surface area contributed by atoms with Gasteiger partial charge in [0.1, 0.15) is 12.1 Å². The number of carboxylic acids is 2. The highest BCUT2D eigenvalue weighted by Gasteiger charge is 2.38. The molecule has 0 radical (unpaired) electrons. The number of aliphatic carboxylic acids is 2. The maximum atomic E-state index is 13.1. The first kappa shape index (κ1) is 35.7. The number of hydrogen-bond donors (Lipinski definition) is 4. The Balaban J connectivity index is 0.000000188. The smallest absolute Gasteiger partial charge is 0.417 e. The molecule has 2 aliphatic heterocycles. The summed E-state index contributed by atoms with van der Waals surface area (Å²) in [6.07, 6.45) is -3.96. The molecule has 0 aliphatic carbocycles. The molecule has 48 heavy (non-hydrogen) atoms. The van der Waals surface area contributed by atoms with E-state index >= 15 is 0 Å². The fourth-order valence-corrected chi connectivity index (χ4v) is 7.06. The van der Waals surface area contributed by atoms with Gasteiger partial charge in [-0.1, -0.05) is 88.4 Å². The number of alkyl halides is 3. The molecule has 0 spiro atoms. The maximum absolute atomic E-state index is 13.1. The van der Waals surface area contributed by atoms with Crippen LogP contribution < -0.4 is 10.6 Å². The predicted octanol–water partition coefficient (Wildman–Crippen LogP) is 10.4. The second-order valence-corrected chi connectivity index (χ2v) is 13.4. The summed E-state index contributed by atoms with van der Waals surface area (Å²) >= 11 is 24.1. The zero-order valence-electron chi connectivity index (χ0n) is 25.4. The van der Waals surface area contributed by atoms with Crippen molar-refractivity contribution in [3.8, 4) is 0 Å². The summed E-state index contributed by atoms with van der Waals surface area (Å²) in [4.78, 5) is 22.9. The lowest BCUT2D eigenvalue weighted by Gasteiger charge is -2.33. The monoisotopic (exact) mass is 738 g/mol. The molecule has 0 bridgehead atoms. The summed E-state index contributed by atoms with van der Waals surface area (Å²) < 4.78 is 39.3. The summed E-state index contributed by atoms with van der Waals surface area (Å²) in [5.41, 5.74) is 5.49. The lowest BCUT2D eigenvalue weighted by Crippen LogP contribution is -2.35. The molecule has 6 rings (SSSR count). The van der Waals surface area contributed by atoms with Crippen LogP contribution in [0.5, 0.6) is 0 Å². The molecule has 2 heterocycles. The van der Waals surface area contributed by atoms with Crippen molar-refractivity contribution in [1.82, 2.24) is 0 Å². The topological polar surface area (TPSA) is 98.7 Å². The number of aryl methyl sites for hydroxylation is 2. The van der Waals surface area contributed by atoms with Gasteiger partial charge in [0.05, 0.1) is 26.3 Å². The highest BCUT2D eigenvalue weighted by molar-refractivity contribution is 6.44. The van der Waals surface area contributed by atoms with Gasteiger partial charge in [-0.25, -0.2) is 9.59 Å². The Morgan fingerprint density at radius 2 is 1.33 bits per heavy atom. The maximum Gasteiger partial charge on any atom is 0.417 e. The third-order valence-electron chi connectivity index (χ3n) is 8.58. The van der Waals surface area contributed by atoms with Crippen LogP contribution in [-0.4, -0.2) is 34.2 Å². The number of nitrogens with one attached hydrogen (secondary N) is 2. The van der Waals surface area contributed by atoms with Gasteiger partial charge in [-0.05, 0) is 84.8 Å². The molecule has 4 atom stereocenters. The number of carboxylic acid groups (broad SMARTS) is 2. The van der Waals surface area contributed by atoms with E-state index in [1.54, 1.807) is 30.3 Å². The molecule has 4 unspecified atom stereocenters. The lowest BCUT2D eigenvalue weighted by molar-refractivity contribution is -0.139. The van der Waals surface area contributed by atoms with Crippen LogP contribution in [0.3, 0.4) is 0 Å². The van der Waals surface area contributed by atoms with E-state index in [-0.39, 0.29) is 18.0 Å². The van der Waals surface area contributed by atoms with Gasteiger partial charge in [0.2, 0.25) is 0 Å². The Kier molecular flexibility index (Phi) is 10.5. The SMILES string of the molecule is Cc1ccc(C2CC(C(=O)O)Nc3c2ccc(Cl)c3Cl)c(C)c1.O=C(O)C1CC(c2ccc(Cl)cc2)c2cc(Cl)c(C(F)(F)F)cc2N1. The van der Waals surface area contributed by atoms with Gasteiger partial charge in [0.25, 0.3) is 0 Å². The Morgan fingerprint density at radius 1 is 0.729 bits per heavy atom. The fraction of sp³-hybridized carbons (Fsp3) is 0.257. The normalized spacial score (nSPS) is 19.9. The molecule has 0 saturated carbocycles. The van der Waals surface area contributed by atoms with E-state index in [1.165, 1.54) is 11.6 Å². The van der Waals surface area contributed by atoms with Crippen LogP contribution in [0.15, 0.2) is 66.7 Å². The average Bonchev–Trinajstić information content (AvgIpc) is 3.02. The molecule has 0 amide bonds. The van der Waals surface area contributed by atoms with Gasteiger partial charge in [-0.2, -0.15) is 13.2 Å². The molecule has 0 saturated heterocycles. The highest BCUT2D eigenvalue weighted by atomic mass is 35.5. The molecule has 0 fully saturated rings. The minimum atomic E-state index is -4.63. The van der Waals surface area contributed by atoms with E-state index < -0.39 is 46.7 Å². The van der Waals surface area contributed by atoms with Crippen molar-refractivity contribution >= 4 is 69.7 Å². The third kappa shape index (κ3) is 7.49. The molecule has 0 aromatic heterocycles. The predicted molar refractivity (Wildman–Crippen MR) is 183 cm³/mol. The second-order valence-electron chi connectivity index (χ2n) is 11.8. The number of benzene rings is 4. The van der Waals surface area contributed by atoms with E-state index in [0.717, 1.165) is 28.3 Å². The number of rotatable bonds is 4. The van der Waals surface area contributed by atoms with Crippen molar-refractivity contribution in [2.75, 3.05) is 10.6 Å². The number of halogens is 7. The third-order valence-corrected chi connectivity index (χ3v) is 9.95. The molecule has 4 aromatic carbocycles. The molecule has 4 N–H and O–H groups in total. The first-order valence-electron chi connectivity index (χ1n) is 14.7. The first-order chi connectivity index (χ1) is 22.5. The minimum absolute atomic E-state index is 0.0253. The van der Waals surface area contributed by atoms with E-state index in [0.29, 0.717) is 32.7 Å². The molecule has 2 aliphatic rings. The summed E-state index contributed by atoms with van der Waals surface area (Å²) in [6, 6.07) is 17.1. The van der Waals surface area contributed by atoms with Gasteiger partial charge in [-0.3, -0.25) is 0 Å². The van der Waals surface area contributed by atoms with E-state index in [9.17, 15) is 33.0 Å². The average molecular weight is 740 g/mol. The lowest BCUT2D eigenvalue weighted by atomic mass is 9.80.